The first-order valence-corrected chi connectivity index (χ1v) is 14.4. The topological polar surface area (TPSA) is 156 Å². The van der Waals surface area contributed by atoms with E-state index in [1.807, 2.05) is 45.0 Å². The lowest BCUT2D eigenvalue weighted by molar-refractivity contribution is -0.149. The Morgan fingerprint density at radius 2 is 1.89 bits per heavy atom. The molecule has 0 aliphatic rings. The van der Waals surface area contributed by atoms with Crippen LogP contribution in [-0.2, 0) is 25.4 Å². The average molecular weight is 548 g/mol. The molecule has 0 bridgehead atoms. The summed E-state index contributed by atoms with van der Waals surface area (Å²) in [7, 11) is -1.89. The number of fused-ring (bicyclic) bond motifs is 1. The van der Waals surface area contributed by atoms with E-state index in [0.29, 0.717) is 29.9 Å². The van der Waals surface area contributed by atoms with Crippen molar-refractivity contribution >= 4 is 30.4 Å². The zero-order chi connectivity index (χ0) is 27.9. The maximum atomic E-state index is 14.2. The van der Waals surface area contributed by atoms with Crippen LogP contribution < -0.4 is 20.6 Å². The highest BCUT2D eigenvalue weighted by Gasteiger charge is 2.38. The third-order valence-corrected chi connectivity index (χ3v) is 8.09. The maximum Gasteiger partial charge on any atom is 0.326 e. The van der Waals surface area contributed by atoms with E-state index in [4.69, 9.17) is 19.9 Å². The fourth-order valence-electron chi connectivity index (χ4n) is 3.85. The van der Waals surface area contributed by atoms with Crippen LogP contribution in [0.15, 0.2) is 36.9 Å². The SMILES string of the molecule is CCCOC(=O)C(C)(C)N[P@@](=O)(CO[C@H](C)Cn1cnc2c(N)ncnc21)N[C@H](C)c1ccc(OC)cc1. The molecule has 0 unspecified atom stereocenters. The summed E-state index contributed by atoms with van der Waals surface area (Å²) in [4.78, 5) is 25.2. The number of nitrogens with one attached hydrogen (secondary N) is 2. The number of carbonyl (C=O) groups excluding carboxylic acids is 1. The van der Waals surface area contributed by atoms with Crippen LogP contribution in [0.25, 0.3) is 11.2 Å². The van der Waals surface area contributed by atoms with Gasteiger partial charge in [-0.25, -0.2) is 25.1 Å². The van der Waals surface area contributed by atoms with Gasteiger partial charge in [0.15, 0.2) is 11.5 Å². The first-order chi connectivity index (χ1) is 18.0. The summed E-state index contributed by atoms with van der Waals surface area (Å²) < 4.78 is 32.7. The molecule has 3 aromatic rings. The summed E-state index contributed by atoms with van der Waals surface area (Å²) in [5, 5.41) is 6.20. The van der Waals surface area contributed by atoms with E-state index < -0.39 is 19.0 Å². The highest BCUT2D eigenvalue weighted by atomic mass is 31.2. The van der Waals surface area contributed by atoms with E-state index in [1.54, 1.807) is 31.9 Å². The summed E-state index contributed by atoms with van der Waals surface area (Å²) in [5.41, 5.74) is 6.65. The van der Waals surface area contributed by atoms with Crippen LogP contribution in [0.4, 0.5) is 5.82 Å². The van der Waals surface area contributed by atoms with Gasteiger partial charge in [-0.3, -0.25) is 9.36 Å². The minimum Gasteiger partial charge on any atom is -0.497 e. The van der Waals surface area contributed by atoms with Gasteiger partial charge in [0.2, 0.25) is 7.44 Å². The van der Waals surface area contributed by atoms with Gasteiger partial charge in [0.25, 0.3) is 0 Å². The molecule has 0 spiro atoms. The van der Waals surface area contributed by atoms with Gasteiger partial charge in [-0.05, 0) is 51.8 Å². The van der Waals surface area contributed by atoms with E-state index in [9.17, 15) is 9.36 Å². The van der Waals surface area contributed by atoms with Crippen molar-refractivity contribution in [1.82, 2.24) is 29.7 Å². The molecule has 38 heavy (non-hydrogen) atoms. The van der Waals surface area contributed by atoms with Gasteiger partial charge in [0.05, 0.1) is 32.7 Å². The number of carbonyl (C=O) groups is 1. The Hall–Kier alpha value is -3.05. The Labute approximate surface area is 223 Å². The molecule has 0 radical (unpaired) electrons. The Morgan fingerprint density at radius 1 is 1.18 bits per heavy atom. The number of methoxy groups -OCH3 is 1. The van der Waals surface area contributed by atoms with E-state index in [1.165, 1.54) is 6.33 Å². The first-order valence-electron chi connectivity index (χ1n) is 12.5. The molecule has 0 fully saturated rings. The summed E-state index contributed by atoms with van der Waals surface area (Å²) >= 11 is 0. The molecule has 0 aliphatic carbocycles. The van der Waals surface area contributed by atoms with Crippen LogP contribution in [0.1, 0.15) is 52.6 Å². The van der Waals surface area contributed by atoms with Gasteiger partial charge < -0.3 is 24.5 Å². The number of nitrogen functional groups attached to an aromatic ring is 1. The predicted molar refractivity (Wildman–Crippen MR) is 146 cm³/mol. The van der Waals surface area contributed by atoms with Gasteiger partial charge >= 0.3 is 5.97 Å². The summed E-state index contributed by atoms with van der Waals surface area (Å²) in [6.45, 7) is 9.62. The number of nitrogens with zero attached hydrogens (tertiary/aromatic N) is 4. The highest BCUT2D eigenvalue weighted by molar-refractivity contribution is 7.59. The van der Waals surface area contributed by atoms with Crippen LogP contribution in [0.3, 0.4) is 0 Å². The number of anilines is 1. The first kappa shape index (κ1) is 29.5. The molecule has 0 saturated heterocycles. The van der Waals surface area contributed by atoms with Crippen molar-refractivity contribution in [3.63, 3.8) is 0 Å². The minimum absolute atomic E-state index is 0.178. The second kappa shape index (κ2) is 12.7. The Morgan fingerprint density at radius 3 is 2.55 bits per heavy atom. The molecule has 0 saturated carbocycles. The van der Waals surface area contributed by atoms with Gasteiger partial charge in [-0.15, -0.1) is 0 Å². The average Bonchev–Trinajstić information content (AvgIpc) is 3.29. The number of benzene rings is 1. The van der Waals surface area contributed by atoms with Crippen molar-refractivity contribution < 1.29 is 23.6 Å². The molecule has 1 aromatic carbocycles. The highest BCUT2D eigenvalue weighted by Crippen LogP contribution is 2.42. The third kappa shape index (κ3) is 7.50. The van der Waals surface area contributed by atoms with Gasteiger partial charge in [0, 0.05) is 6.04 Å². The quantitative estimate of drug-likeness (QED) is 0.200. The maximum absolute atomic E-state index is 14.2. The number of imidazole rings is 1. The molecule has 0 aliphatic heterocycles. The van der Waals surface area contributed by atoms with Gasteiger partial charge in [-0.1, -0.05) is 19.1 Å². The summed E-state index contributed by atoms with van der Waals surface area (Å²) in [6, 6.07) is 7.13. The molecule has 4 N–H and O–H groups in total. The zero-order valence-electron chi connectivity index (χ0n) is 22.8. The van der Waals surface area contributed by atoms with Crippen LogP contribution in [0.5, 0.6) is 5.75 Å². The number of nitrogens with two attached hydrogens (primary N) is 1. The van der Waals surface area contributed by atoms with Crippen LogP contribution in [0, 0.1) is 0 Å². The standard InChI is InChI=1S/C25H38N7O5P/c1-7-12-36-24(33)25(4,5)31-38(34,30-18(3)19-8-10-20(35-6)11-9-19)16-37-17(2)13-32-15-29-21-22(26)27-14-28-23(21)32/h8-11,14-15,17-18H,7,12-13,16H2,1-6H3,(H2,26,27,28)(H2,30,31,34)/t17-,18-,38-/m1/s1. The second-order valence-corrected chi connectivity index (χ2v) is 11.9. The number of hydrogen-bond donors (Lipinski definition) is 3. The fourth-order valence-corrected chi connectivity index (χ4v) is 6.29. The number of esters is 1. The number of ether oxygens (including phenoxy) is 3. The van der Waals surface area contributed by atoms with Crippen molar-refractivity contribution in [2.75, 3.05) is 25.8 Å². The van der Waals surface area contributed by atoms with E-state index >= 15 is 0 Å². The monoisotopic (exact) mass is 547 g/mol. The molecule has 208 valence electrons. The molecular formula is C25H38N7O5P. The summed E-state index contributed by atoms with van der Waals surface area (Å²) in [6.07, 6.45) is 3.13. The summed E-state index contributed by atoms with van der Waals surface area (Å²) in [5.74, 6) is 0.525. The zero-order valence-corrected chi connectivity index (χ0v) is 23.7. The third-order valence-electron chi connectivity index (χ3n) is 5.85. The Kier molecular flexibility index (Phi) is 9.83. The number of aromatic nitrogens is 4. The lowest BCUT2D eigenvalue weighted by atomic mass is 10.1. The van der Waals surface area contributed by atoms with Crippen molar-refractivity contribution in [3.05, 3.63) is 42.5 Å². The molecular weight excluding hydrogens is 509 g/mol. The normalized spacial score (nSPS) is 15.1. The van der Waals surface area contributed by atoms with Gasteiger partial charge in [0.1, 0.15) is 29.5 Å². The fraction of sp³-hybridized carbons (Fsp3) is 0.520. The minimum atomic E-state index is -3.49. The molecule has 2 aromatic heterocycles. The largest absolute Gasteiger partial charge is 0.497 e. The lowest BCUT2D eigenvalue weighted by Crippen LogP contribution is -2.49. The van der Waals surface area contributed by atoms with E-state index in [-0.39, 0.29) is 25.1 Å². The number of rotatable bonds is 14. The lowest BCUT2D eigenvalue weighted by Gasteiger charge is -2.33. The van der Waals surface area contributed by atoms with Crippen LogP contribution in [0.2, 0.25) is 0 Å². The van der Waals surface area contributed by atoms with Gasteiger partial charge in [-0.2, -0.15) is 0 Å². The predicted octanol–water partition coefficient (Wildman–Crippen LogP) is 3.65. The smallest absolute Gasteiger partial charge is 0.326 e. The number of hydrogen-bond acceptors (Lipinski definition) is 9. The molecule has 0 amide bonds. The Bertz CT molecular complexity index is 1260. The van der Waals surface area contributed by atoms with Crippen molar-refractivity contribution in [1.29, 1.82) is 0 Å². The van der Waals surface area contributed by atoms with E-state index in [0.717, 1.165) is 11.3 Å². The molecule has 3 rings (SSSR count). The van der Waals surface area contributed by atoms with Crippen molar-refractivity contribution in [3.8, 4) is 5.75 Å². The van der Waals surface area contributed by atoms with Crippen LogP contribution >= 0.6 is 7.44 Å². The molecule has 3 atom stereocenters. The molecule has 12 nitrogen and oxygen atoms in total. The molecule has 2 heterocycles. The molecule has 13 heteroatoms. The van der Waals surface area contributed by atoms with Crippen molar-refractivity contribution in [2.45, 2.75) is 65.3 Å². The second-order valence-electron chi connectivity index (χ2n) is 9.67. The van der Waals surface area contributed by atoms with Crippen molar-refractivity contribution in [2.24, 2.45) is 0 Å². The van der Waals surface area contributed by atoms with Crippen LogP contribution in [-0.4, -0.2) is 57.2 Å². The Balaban J connectivity index is 1.76. The van der Waals surface area contributed by atoms with E-state index in [2.05, 4.69) is 25.1 Å².